The Morgan fingerprint density at radius 1 is 0.474 bits per heavy atom. The van der Waals surface area contributed by atoms with E-state index < -0.39 is 0 Å². The number of pyridine rings is 3. The minimum atomic E-state index is 1.05. The van der Waals surface area contributed by atoms with E-state index in [-0.39, 0.29) is 0 Å². The summed E-state index contributed by atoms with van der Waals surface area (Å²) in [6, 6.07) is 11.8. The molecular weight excluding hydrogens is 236 g/mol. The molecule has 3 rings (SSSR count). The summed E-state index contributed by atoms with van der Waals surface area (Å²) in [5, 5.41) is 0. The molecule has 3 aromatic heterocycles. The van der Waals surface area contributed by atoms with Crippen LogP contribution in [0.2, 0.25) is 0 Å². The van der Waals surface area contributed by atoms with Crippen LogP contribution in [0, 0.1) is 0 Å². The van der Waals surface area contributed by atoms with E-state index in [1.165, 1.54) is 0 Å². The van der Waals surface area contributed by atoms with Crippen LogP contribution in [-0.2, 0) is 0 Å². The predicted octanol–water partition coefficient (Wildman–Crippen LogP) is 3.34. The van der Waals surface area contributed by atoms with Gasteiger partial charge in [-0.05, 0) is 36.4 Å². The maximum Gasteiger partial charge on any atom is 0.0492 e. The molecule has 0 bridgehead atoms. The van der Waals surface area contributed by atoms with Crippen LogP contribution in [0.1, 0.15) is 0 Å². The summed E-state index contributed by atoms with van der Waals surface area (Å²) in [6.07, 6.45) is 10.7. The van der Waals surface area contributed by atoms with Crippen LogP contribution in [0.4, 0.5) is 17.1 Å². The second-order valence-electron chi connectivity index (χ2n) is 3.95. The van der Waals surface area contributed by atoms with Crippen molar-refractivity contribution >= 4 is 17.1 Å². The molecule has 0 amide bonds. The van der Waals surface area contributed by atoms with Crippen LogP contribution < -0.4 is 4.90 Å². The fraction of sp³-hybridized carbons (Fsp3) is 0. The molecule has 0 aliphatic carbocycles. The Kier molecular flexibility index (Phi) is 3.14. The predicted molar refractivity (Wildman–Crippen MR) is 74.5 cm³/mol. The van der Waals surface area contributed by atoms with E-state index in [0.29, 0.717) is 0 Å². The highest BCUT2D eigenvalue weighted by Gasteiger charge is 2.10. The summed E-state index contributed by atoms with van der Waals surface area (Å²) in [4.78, 5) is 14.3. The van der Waals surface area contributed by atoms with Gasteiger partial charge in [0.2, 0.25) is 0 Å². The molecule has 0 spiro atoms. The lowest BCUT2D eigenvalue weighted by molar-refractivity contribution is 1.20. The summed E-state index contributed by atoms with van der Waals surface area (Å²) < 4.78 is 0. The van der Waals surface area contributed by atoms with Gasteiger partial charge in [-0.1, -0.05) is 0 Å². The van der Waals surface area contributed by atoms with E-state index in [1.807, 2.05) is 36.4 Å². The zero-order valence-corrected chi connectivity index (χ0v) is 10.2. The molecule has 0 fully saturated rings. The minimum absolute atomic E-state index is 1.05. The summed E-state index contributed by atoms with van der Waals surface area (Å²) >= 11 is 0. The first-order valence-corrected chi connectivity index (χ1v) is 5.95. The third kappa shape index (κ3) is 2.42. The minimum Gasteiger partial charge on any atom is -0.310 e. The summed E-state index contributed by atoms with van der Waals surface area (Å²) in [7, 11) is 0. The van der Waals surface area contributed by atoms with Crippen LogP contribution in [0.5, 0.6) is 0 Å². The van der Waals surface area contributed by atoms with E-state index in [0.717, 1.165) is 17.1 Å². The highest BCUT2D eigenvalue weighted by molar-refractivity contribution is 5.75. The van der Waals surface area contributed by atoms with Gasteiger partial charge in [-0.3, -0.25) is 15.0 Å². The number of nitrogens with zero attached hydrogens (tertiary/aromatic N) is 4. The summed E-state index contributed by atoms with van der Waals surface area (Å²) in [6.45, 7) is 0. The van der Waals surface area contributed by atoms with E-state index in [4.69, 9.17) is 0 Å². The number of aromatic nitrogens is 3. The topological polar surface area (TPSA) is 41.9 Å². The van der Waals surface area contributed by atoms with Gasteiger partial charge in [-0.2, -0.15) is 0 Å². The molecule has 0 unspecified atom stereocenters. The number of hydrogen-bond acceptors (Lipinski definition) is 4. The molecule has 4 heteroatoms. The third-order valence-corrected chi connectivity index (χ3v) is 2.76. The van der Waals surface area contributed by atoms with Gasteiger partial charge in [0, 0.05) is 54.2 Å². The monoisotopic (exact) mass is 248 g/mol. The Bertz CT molecular complexity index is 532. The van der Waals surface area contributed by atoms with Gasteiger partial charge in [0.1, 0.15) is 0 Å². The second kappa shape index (κ2) is 5.27. The highest BCUT2D eigenvalue weighted by Crippen LogP contribution is 2.32. The summed E-state index contributed by atoms with van der Waals surface area (Å²) in [5.74, 6) is 0. The zero-order chi connectivity index (χ0) is 12.9. The average molecular weight is 248 g/mol. The lowest BCUT2D eigenvalue weighted by Crippen LogP contribution is -2.09. The van der Waals surface area contributed by atoms with Crippen molar-refractivity contribution in [2.45, 2.75) is 0 Å². The first-order valence-electron chi connectivity index (χ1n) is 5.95. The largest absolute Gasteiger partial charge is 0.310 e. The lowest BCUT2D eigenvalue weighted by Gasteiger charge is -2.24. The number of hydrogen-bond donors (Lipinski definition) is 0. The van der Waals surface area contributed by atoms with Gasteiger partial charge in [-0.15, -0.1) is 0 Å². The Morgan fingerprint density at radius 2 is 0.737 bits per heavy atom. The number of anilines is 3. The fourth-order valence-electron chi connectivity index (χ4n) is 1.93. The Labute approximate surface area is 111 Å². The molecule has 3 aromatic rings. The quantitative estimate of drug-likeness (QED) is 0.713. The van der Waals surface area contributed by atoms with Gasteiger partial charge < -0.3 is 4.90 Å². The maximum atomic E-state index is 4.06. The summed E-state index contributed by atoms with van der Waals surface area (Å²) in [5.41, 5.74) is 3.15. The normalized spacial score (nSPS) is 10.1. The van der Waals surface area contributed by atoms with Crippen molar-refractivity contribution in [1.29, 1.82) is 0 Å². The molecule has 0 aliphatic rings. The maximum absolute atomic E-state index is 4.06. The molecule has 0 atom stereocenters. The van der Waals surface area contributed by atoms with E-state index in [9.17, 15) is 0 Å². The van der Waals surface area contributed by atoms with Gasteiger partial charge in [0.05, 0.1) is 0 Å². The first-order chi connectivity index (χ1) is 9.45. The molecular formula is C15H12N4. The average Bonchev–Trinajstić information content (AvgIpc) is 2.51. The smallest absolute Gasteiger partial charge is 0.0492 e. The van der Waals surface area contributed by atoms with Crippen LogP contribution in [0.15, 0.2) is 73.6 Å². The molecule has 0 saturated carbocycles. The molecule has 92 valence electrons. The third-order valence-electron chi connectivity index (χ3n) is 2.76. The van der Waals surface area contributed by atoms with Crippen molar-refractivity contribution in [2.75, 3.05) is 4.90 Å². The van der Waals surface area contributed by atoms with Crippen molar-refractivity contribution in [3.05, 3.63) is 73.6 Å². The van der Waals surface area contributed by atoms with Gasteiger partial charge in [0.25, 0.3) is 0 Å². The van der Waals surface area contributed by atoms with E-state index >= 15 is 0 Å². The van der Waals surface area contributed by atoms with E-state index in [1.54, 1.807) is 37.2 Å². The van der Waals surface area contributed by atoms with Gasteiger partial charge >= 0.3 is 0 Å². The zero-order valence-electron chi connectivity index (χ0n) is 10.2. The van der Waals surface area contributed by atoms with Crippen molar-refractivity contribution in [2.24, 2.45) is 0 Å². The SMILES string of the molecule is c1cc(N(c2ccncc2)c2ccncc2)ccn1. The van der Waals surface area contributed by atoms with Gasteiger partial charge in [0.15, 0.2) is 0 Å². The lowest BCUT2D eigenvalue weighted by atomic mass is 10.2. The van der Waals surface area contributed by atoms with Crippen molar-refractivity contribution in [1.82, 2.24) is 15.0 Å². The standard InChI is InChI=1S/C15H12N4/c1-7-16-8-2-13(1)19(14-3-9-17-10-4-14)15-5-11-18-12-6-15/h1-12H. The van der Waals surface area contributed by atoms with Crippen molar-refractivity contribution < 1.29 is 0 Å². The van der Waals surface area contributed by atoms with Crippen LogP contribution in [0.3, 0.4) is 0 Å². The molecule has 19 heavy (non-hydrogen) atoms. The molecule has 0 saturated heterocycles. The fourth-order valence-corrected chi connectivity index (χ4v) is 1.93. The van der Waals surface area contributed by atoms with Crippen LogP contribution >= 0.6 is 0 Å². The Morgan fingerprint density at radius 3 is 1.00 bits per heavy atom. The molecule has 0 aliphatic heterocycles. The molecule has 0 aromatic carbocycles. The number of rotatable bonds is 3. The molecule has 4 nitrogen and oxygen atoms in total. The van der Waals surface area contributed by atoms with Crippen molar-refractivity contribution in [3.8, 4) is 0 Å². The highest BCUT2D eigenvalue weighted by atomic mass is 15.1. The Hall–Kier alpha value is -2.75. The molecule has 3 heterocycles. The molecule has 0 N–H and O–H groups in total. The van der Waals surface area contributed by atoms with Gasteiger partial charge in [-0.25, -0.2) is 0 Å². The van der Waals surface area contributed by atoms with Crippen LogP contribution in [0.25, 0.3) is 0 Å². The van der Waals surface area contributed by atoms with Crippen molar-refractivity contribution in [3.63, 3.8) is 0 Å². The first kappa shape index (κ1) is 11.3. The second-order valence-corrected chi connectivity index (χ2v) is 3.95. The van der Waals surface area contributed by atoms with Crippen LogP contribution in [-0.4, -0.2) is 15.0 Å². The molecule has 0 radical (unpaired) electrons. The Balaban J connectivity index is 2.12. The van der Waals surface area contributed by atoms with E-state index in [2.05, 4.69) is 19.9 Å².